The Balaban J connectivity index is 1.16. The third-order valence-electron chi connectivity index (χ3n) is 9.29. The van der Waals surface area contributed by atoms with Gasteiger partial charge in [-0.1, -0.05) is 12.8 Å². The first-order valence-corrected chi connectivity index (χ1v) is 22.8. The van der Waals surface area contributed by atoms with E-state index >= 15 is 0 Å². The van der Waals surface area contributed by atoms with Gasteiger partial charge in [-0.25, -0.2) is 18.7 Å². The van der Waals surface area contributed by atoms with Crippen molar-refractivity contribution in [3.05, 3.63) is 27.9 Å². The molecule has 24 nitrogen and oxygen atoms in total. The number of carbonyl (C=O) groups excluding carboxylic acids is 3. The van der Waals surface area contributed by atoms with Crippen LogP contribution in [0.5, 0.6) is 0 Å². The summed E-state index contributed by atoms with van der Waals surface area (Å²) in [6, 6.07) is 0.145. The van der Waals surface area contributed by atoms with E-state index in [9.17, 15) is 43.2 Å². The van der Waals surface area contributed by atoms with E-state index in [2.05, 4.69) is 35.3 Å². The first-order chi connectivity index (χ1) is 28.4. The molecule has 3 heterocycles. The lowest BCUT2D eigenvalue weighted by Crippen LogP contribution is -2.38. The maximum atomic E-state index is 12.7. The number of hydrogen-bond donors (Lipinski definition) is 9. The van der Waals surface area contributed by atoms with Gasteiger partial charge in [0.1, 0.15) is 18.3 Å². The van der Waals surface area contributed by atoms with E-state index in [-0.39, 0.29) is 56.1 Å². The number of unbranched alkanes of at least 4 members (excludes halogenated alkanes) is 2. The molecule has 1 unspecified atom stereocenters. The molecular formula is C34H60N6O18P2. The number of ether oxygens (including phenoxy) is 5. The highest BCUT2D eigenvalue weighted by atomic mass is 31.2. The van der Waals surface area contributed by atoms with Crippen LogP contribution in [0.15, 0.2) is 11.0 Å². The number of urea groups is 1. The maximum Gasteiger partial charge on any atom is 0.470 e. The van der Waals surface area contributed by atoms with Crippen molar-refractivity contribution in [1.82, 2.24) is 30.8 Å². The summed E-state index contributed by atoms with van der Waals surface area (Å²) in [4.78, 5) is 88.8. The predicted octanol–water partition coefficient (Wildman–Crippen LogP) is -0.961. The van der Waals surface area contributed by atoms with Crippen LogP contribution >= 0.6 is 15.6 Å². The Morgan fingerprint density at radius 1 is 0.833 bits per heavy atom. The average molecular weight is 903 g/mol. The van der Waals surface area contributed by atoms with Gasteiger partial charge in [-0.3, -0.25) is 23.2 Å². The number of aromatic nitrogens is 2. The highest BCUT2D eigenvalue weighted by Gasteiger charge is 2.49. The molecule has 60 heavy (non-hydrogen) atoms. The van der Waals surface area contributed by atoms with Crippen LogP contribution < -0.4 is 27.0 Å². The highest BCUT2D eigenvalue weighted by molar-refractivity contribution is 7.46. The van der Waals surface area contributed by atoms with E-state index in [0.717, 1.165) is 30.3 Å². The second kappa shape index (κ2) is 26.5. The van der Waals surface area contributed by atoms with E-state index in [4.69, 9.17) is 33.5 Å². The number of rotatable bonds is 31. The van der Waals surface area contributed by atoms with Gasteiger partial charge >= 0.3 is 27.4 Å². The lowest BCUT2D eigenvalue weighted by Gasteiger charge is -2.21. The van der Waals surface area contributed by atoms with Gasteiger partial charge in [0.15, 0.2) is 6.23 Å². The quantitative estimate of drug-likeness (QED) is 0.0320. The van der Waals surface area contributed by atoms with Gasteiger partial charge in [-0.15, -0.1) is 0 Å². The second-order valence-corrected chi connectivity index (χ2v) is 16.5. The smallest absolute Gasteiger partial charge is 0.386 e. The molecule has 26 heteroatoms. The molecule has 0 saturated carbocycles. The SMILES string of the molecule is Cc1nc(=O)n([C@@H]2O[C@H](COP(=O)(O)O)C(OP(=O)(O)O)[C@@H]2O)cc1CCCNC(=O)CCOCCOCCOCCOCCNC(=O)CCCCC[C@H]1NC(=O)N[C@H]1C. The molecule has 0 spiro atoms. The summed E-state index contributed by atoms with van der Waals surface area (Å²) in [7, 11) is -10.3. The number of aryl methyl sites for hydroxylation is 2. The molecule has 0 aliphatic carbocycles. The van der Waals surface area contributed by atoms with E-state index in [1.807, 2.05) is 6.92 Å². The molecule has 0 aromatic carbocycles. The third-order valence-corrected chi connectivity index (χ3v) is 10.3. The molecular weight excluding hydrogens is 842 g/mol. The van der Waals surface area contributed by atoms with E-state index in [1.165, 1.54) is 6.20 Å². The predicted molar refractivity (Wildman–Crippen MR) is 208 cm³/mol. The van der Waals surface area contributed by atoms with Gasteiger partial charge in [0.05, 0.1) is 65.5 Å². The molecule has 2 aliphatic heterocycles. The summed E-state index contributed by atoms with van der Waals surface area (Å²) >= 11 is 0. The third kappa shape index (κ3) is 20.3. The second-order valence-electron chi connectivity index (χ2n) is 14.1. The fourth-order valence-electron chi connectivity index (χ4n) is 6.22. The van der Waals surface area contributed by atoms with Crippen molar-refractivity contribution in [3.8, 4) is 0 Å². The number of nitrogens with one attached hydrogen (secondary N) is 4. The van der Waals surface area contributed by atoms with Crippen molar-refractivity contribution in [2.24, 2.45) is 0 Å². The zero-order valence-electron chi connectivity index (χ0n) is 33.8. The van der Waals surface area contributed by atoms with Crippen LogP contribution in [-0.2, 0) is 57.9 Å². The maximum absolute atomic E-state index is 12.7. The van der Waals surface area contributed by atoms with Crippen LogP contribution in [0.4, 0.5) is 4.79 Å². The van der Waals surface area contributed by atoms with Crippen LogP contribution in [0.25, 0.3) is 0 Å². The molecule has 2 fully saturated rings. The summed E-state index contributed by atoms with van der Waals surface area (Å²) < 4.78 is 59.8. The van der Waals surface area contributed by atoms with Crippen molar-refractivity contribution in [2.75, 3.05) is 72.6 Å². The molecule has 3 rings (SSSR count). The summed E-state index contributed by atoms with van der Waals surface area (Å²) in [5, 5.41) is 22.1. The number of phosphoric ester groups is 2. The Morgan fingerprint density at radius 2 is 1.45 bits per heavy atom. The number of amides is 4. The Morgan fingerprint density at radius 3 is 2.07 bits per heavy atom. The van der Waals surface area contributed by atoms with Crippen LogP contribution in [0.1, 0.15) is 69.4 Å². The summed E-state index contributed by atoms with van der Waals surface area (Å²) in [6.07, 6.45) is -0.669. The lowest BCUT2D eigenvalue weighted by molar-refractivity contribution is -0.122. The largest absolute Gasteiger partial charge is 0.470 e. The monoisotopic (exact) mass is 902 g/mol. The van der Waals surface area contributed by atoms with E-state index in [1.54, 1.807) is 6.92 Å². The number of hydrogen-bond acceptors (Lipinski definition) is 15. The highest BCUT2D eigenvalue weighted by Crippen LogP contribution is 2.45. The molecule has 1 aromatic rings. The molecule has 344 valence electrons. The van der Waals surface area contributed by atoms with Crippen LogP contribution in [0, 0.1) is 6.92 Å². The summed E-state index contributed by atoms with van der Waals surface area (Å²) in [5.41, 5.74) is 0.00485. The Labute approximate surface area is 347 Å². The van der Waals surface area contributed by atoms with Gasteiger partial charge in [0.2, 0.25) is 11.8 Å². The van der Waals surface area contributed by atoms with Crippen LogP contribution in [0.3, 0.4) is 0 Å². The van der Waals surface area contributed by atoms with Crippen molar-refractivity contribution in [1.29, 1.82) is 0 Å². The Bertz CT molecular complexity index is 1650. The summed E-state index contributed by atoms with van der Waals surface area (Å²) in [6.45, 7) is 5.95. The van der Waals surface area contributed by atoms with Gasteiger partial charge in [0.25, 0.3) is 0 Å². The number of aliphatic hydroxyl groups excluding tert-OH is 1. The Kier molecular flexibility index (Phi) is 22.7. The molecule has 9 N–H and O–H groups in total. The first kappa shape index (κ1) is 51.4. The standard InChI is InChI=1S/C34H60N6O18P2/c1-23-25(21-40(34(45)38-23)32-30(43)31(58-60(49,50)51)27(57-32)22-56-59(46,47)48)7-6-11-35-29(42)10-13-52-15-17-54-19-20-55-18-16-53-14-12-36-28(41)9-5-3-4-8-26-24(2)37-33(44)39-26/h21,24,26-27,30-32,43H,3-20,22H2,1-2H3,(H,35,42)(H,36,41)(H2,37,39,44)(H2,46,47,48)(H2,49,50,51)/t24-,26+,27+,30-,31?,32+/m0/s1. The molecule has 2 aliphatic rings. The average Bonchev–Trinajstić information content (AvgIpc) is 3.65. The van der Waals surface area contributed by atoms with Gasteiger partial charge < -0.3 is 69.6 Å². The molecule has 0 bridgehead atoms. The van der Waals surface area contributed by atoms with Gasteiger partial charge in [-0.05, 0) is 45.1 Å². The topological polar surface area (TPSA) is 334 Å². The van der Waals surface area contributed by atoms with Gasteiger partial charge in [0, 0.05) is 43.9 Å². The molecule has 0 radical (unpaired) electrons. The minimum atomic E-state index is -5.22. The number of phosphoric acid groups is 2. The molecule has 6 atom stereocenters. The van der Waals surface area contributed by atoms with Crippen molar-refractivity contribution < 1.29 is 80.9 Å². The number of aliphatic hydroxyl groups is 1. The molecule has 1 aromatic heterocycles. The zero-order chi connectivity index (χ0) is 44.1. The Hall–Kier alpha value is -2.93. The lowest BCUT2D eigenvalue weighted by atomic mass is 10.0. The number of carbonyl (C=O) groups is 3. The first-order valence-electron chi connectivity index (χ1n) is 19.7. The minimum Gasteiger partial charge on any atom is -0.386 e. The molecule has 2 saturated heterocycles. The van der Waals surface area contributed by atoms with Crippen molar-refractivity contribution in [3.63, 3.8) is 0 Å². The fourth-order valence-corrected chi connectivity index (χ4v) is 7.14. The van der Waals surface area contributed by atoms with Gasteiger partial charge in [-0.2, -0.15) is 4.98 Å². The zero-order valence-corrected chi connectivity index (χ0v) is 35.6. The van der Waals surface area contributed by atoms with Crippen molar-refractivity contribution >= 4 is 33.5 Å². The van der Waals surface area contributed by atoms with E-state index < -0.39 is 52.5 Å². The molecule has 4 amide bonds. The van der Waals surface area contributed by atoms with Crippen LogP contribution in [-0.4, -0.2) is 155 Å². The summed E-state index contributed by atoms with van der Waals surface area (Å²) in [5.74, 6) is -0.260. The minimum absolute atomic E-state index is 0.0130. The van der Waals surface area contributed by atoms with Crippen molar-refractivity contribution in [2.45, 2.75) is 102 Å². The normalized spacial score (nSPS) is 21.8. The van der Waals surface area contributed by atoms with E-state index in [0.29, 0.717) is 76.7 Å². The van der Waals surface area contributed by atoms with Crippen LogP contribution in [0.2, 0.25) is 0 Å². The fraction of sp³-hybridized carbons (Fsp3) is 0.794. The number of nitrogens with zero attached hydrogens (tertiary/aromatic N) is 2.